The number of rotatable bonds is 7. The number of fused-ring (bicyclic) bond motifs is 2. The summed E-state index contributed by atoms with van der Waals surface area (Å²) in [7, 11) is 0.146. The van der Waals surface area contributed by atoms with E-state index < -0.39 is 13.1 Å². The first kappa shape index (κ1) is 20.3. The molecule has 0 radical (unpaired) electrons. The number of nitrogens with one attached hydrogen (secondary N) is 1. The van der Waals surface area contributed by atoms with Gasteiger partial charge in [0.15, 0.2) is 0 Å². The Morgan fingerprint density at radius 3 is 2.83 bits per heavy atom. The molecule has 2 aromatic carbocycles. The van der Waals surface area contributed by atoms with Gasteiger partial charge in [-0.25, -0.2) is 0 Å². The van der Waals surface area contributed by atoms with Crippen LogP contribution in [0.4, 0.5) is 0 Å². The lowest BCUT2D eigenvalue weighted by molar-refractivity contribution is -0.121. The second kappa shape index (κ2) is 8.43. The Kier molecular flexibility index (Phi) is 5.71. The predicted octanol–water partition coefficient (Wildman–Crippen LogP) is 1.08. The standard InChI is InChI=1S/C20H21BN4O4S/c1-24-15-7-6-13(10-14(15)12-22-24)11-18(21(28)29)23-19(26)8-9-25-16-4-2-3-5-17(16)30-20(25)27/h2-7,10,12,18,28-29H,8-9,11H2,1H3,(H,23,26)/t18-/m0/s1. The van der Waals surface area contributed by atoms with Gasteiger partial charge in [-0.05, 0) is 36.2 Å². The third kappa shape index (κ3) is 4.16. The number of hydrogen-bond donors (Lipinski definition) is 3. The van der Waals surface area contributed by atoms with Crippen molar-refractivity contribution in [2.24, 2.45) is 7.05 Å². The van der Waals surface area contributed by atoms with Gasteiger partial charge in [-0.2, -0.15) is 5.10 Å². The zero-order valence-corrected chi connectivity index (χ0v) is 17.2. The van der Waals surface area contributed by atoms with E-state index in [9.17, 15) is 19.6 Å². The van der Waals surface area contributed by atoms with Gasteiger partial charge in [-0.3, -0.25) is 18.8 Å². The van der Waals surface area contributed by atoms with Crippen molar-refractivity contribution < 1.29 is 14.8 Å². The molecule has 0 saturated carbocycles. The molecule has 0 aliphatic heterocycles. The van der Waals surface area contributed by atoms with Crippen LogP contribution in [0.25, 0.3) is 21.1 Å². The minimum absolute atomic E-state index is 0.0610. The van der Waals surface area contributed by atoms with Gasteiger partial charge < -0.3 is 15.4 Å². The van der Waals surface area contributed by atoms with Gasteiger partial charge in [0.05, 0.1) is 27.9 Å². The van der Waals surface area contributed by atoms with E-state index in [0.29, 0.717) is 0 Å². The summed E-state index contributed by atoms with van der Waals surface area (Å²) in [5.74, 6) is -1.21. The smallest absolute Gasteiger partial charge is 0.426 e. The summed E-state index contributed by atoms with van der Waals surface area (Å²) in [6.07, 6.45) is 2.06. The number of carbonyl (C=O) groups excluding carboxylic acids is 1. The van der Waals surface area contributed by atoms with Crippen molar-refractivity contribution in [1.29, 1.82) is 0 Å². The molecule has 4 rings (SSSR count). The largest absolute Gasteiger partial charge is 0.475 e. The Hall–Kier alpha value is -2.95. The van der Waals surface area contributed by atoms with E-state index in [-0.39, 0.29) is 30.2 Å². The van der Waals surface area contributed by atoms with Crippen LogP contribution >= 0.6 is 11.3 Å². The number of amides is 1. The zero-order valence-electron chi connectivity index (χ0n) is 16.4. The maximum atomic E-state index is 12.4. The number of hydrogen-bond acceptors (Lipinski definition) is 6. The molecule has 154 valence electrons. The van der Waals surface area contributed by atoms with Crippen molar-refractivity contribution >= 4 is 45.5 Å². The summed E-state index contributed by atoms with van der Waals surface area (Å²) in [5, 5.41) is 27.3. The Balaban J connectivity index is 1.42. The minimum atomic E-state index is -1.71. The second-order valence-corrected chi connectivity index (χ2v) is 8.18. The van der Waals surface area contributed by atoms with E-state index in [1.807, 2.05) is 49.5 Å². The van der Waals surface area contributed by atoms with Crippen molar-refractivity contribution in [3.8, 4) is 0 Å². The van der Waals surface area contributed by atoms with E-state index in [2.05, 4.69) is 10.4 Å². The highest BCUT2D eigenvalue weighted by Crippen LogP contribution is 2.18. The molecule has 0 bridgehead atoms. The molecule has 0 aliphatic rings. The van der Waals surface area contributed by atoms with Gasteiger partial charge in [0.1, 0.15) is 0 Å². The van der Waals surface area contributed by atoms with Crippen LogP contribution in [0, 0.1) is 0 Å². The SMILES string of the molecule is Cn1ncc2cc(C[C@H](NC(=O)CCn3c(=O)sc4ccccc43)B(O)O)ccc21. The van der Waals surface area contributed by atoms with Crippen LogP contribution in [-0.4, -0.2) is 43.4 Å². The fourth-order valence-electron chi connectivity index (χ4n) is 3.54. The summed E-state index contributed by atoms with van der Waals surface area (Å²) in [5.41, 5.74) is 2.62. The first-order valence-electron chi connectivity index (χ1n) is 9.57. The first-order valence-corrected chi connectivity index (χ1v) is 10.4. The van der Waals surface area contributed by atoms with Gasteiger partial charge in [0.25, 0.3) is 0 Å². The Labute approximate surface area is 176 Å². The summed E-state index contributed by atoms with van der Waals surface area (Å²) in [6.45, 7) is 0.227. The lowest BCUT2D eigenvalue weighted by Gasteiger charge is -2.18. The Morgan fingerprint density at radius 2 is 2.03 bits per heavy atom. The highest BCUT2D eigenvalue weighted by Gasteiger charge is 2.26. The Bertz CT molecular complexity index is 1260. The topological polar surface area (TPSA) is 109 Å². The summed E-state index contributed by atoms with van der Waals surface area (Å²) in [4.78, 5) is 24.5. The van der Waals surface area contributed by atoms with Gasteiger partial charge >= 0.3 is 12.0 Å². The summed E-state index contributed by atoms with van der Waals surface area (Å²) in [6, 6.07) is 13.1. The Morgan fingerprint density at radius 1 is 1.23 bits per heavy atom. The van der Waals surface area contributed by atoms with E-state index in [0.717, 1.165) is 38.0 Å². The van der Waals surface area contributed by atoms with Crippen LogP contribution in [-0.2, 0) is 24.8 Å². The monoisotopic (exact) mass is 424 g/mol. The molecule has 2 aromatic heterocycles. The molecular formula is C20H21BN4O4S. The zero-order chi connectivity index (χ0) is 21.3. The van der Waals surface area contributed by atoms with E-state index in [4.69, 9.17) is 0 Å². The number of carbonyl (C=O) groups is 1. The van der Waals surface area contributed by atoms with E-state index >= 15 is 0 Å². The van der Waals surface area contributed by atoms with Crippen molar-refractivity contribution in [2.75, 3.05) is 0 Å². The second-order valence-electron chi connectivity index (χ2n) is 7.19. The molecule has 0 spiro atoms. The van der Waals surface area contributed by atoms with E-state index in [1.165, 1.54) is 0 Å². The highest BCUT2D eigenvalue weighted by molar-refractivity contribution is 7.16. The molecule has 0 saturated heterocycles. The maximum Gasteiger partial charge on any atom is 0.475 e. The number of para-hydroxylation sites is 1. The molecule has 4 aromatic rings. The molecule has 0 unspecified atom stereocenters. The summed E-state index contributed by atoms with van der Waals surface area (Å²) < 4.78 is 4.20. The van der Waals surface area contributed by atoms with Crippen molar-refractivity contribution in [3.63, 3.8) is 0 Å². The predicted molar refractivity (Wildman–Crippen MR) is 117 cm³/mol. The molecule has 3 N–H and O–H groups in total. The quantitative estimate of drug-likeness (QED) is 0.385. The van der Waals surface area contributed by atoms with Crippen LogP contribution < -0.4 is 10.2 Å². The highest BCUT2D eigenvalue weighted by atomic mass is 32.1. The third-order valence-corrected chi connectivity index (χ3v) is 6.07. The van der Waals surface area contributed by atoms with Crippen LogP contribution in [0.3, 0.4) is 0 Å². The van der Waals surface area contributed by atoms with Crippen LogP contribution in [0.1, 0.15) is 12.0 Å². The fourth-order valence-corrected chi connectivity index (χ4v) is 4.46. The molecule has 1 atom stereocenters. The molecular weight excluding hydrogens is 403 g/mol. The fraction of sp³-hybridized carbons (Fsp3) is 0.250. The average molecular weight is 424 g/mol. The van der Waals surface area contributed by atoms with Crippen molar-refractivity contribution in [1.82, 2.24) is 19.7 Å². The van der Waals surface area contributed by atoms with Gasteiger partial charge in [-0.1, -0.05) is 29.5 Å². The van der Waals surface area contributed by atoms with Crippen molar-refractivity contribution in [3.05, 3.63) is 63.9 Å². The lowest BCUT2D eigenvalue weighted by Crippen LogP contribution is -2.48. The number of thiazole rings is 1. The van der Waals surface area contributed by atoms with E-state index in [1.54, 1.807) is 15.4 Å². The maximum absolute atomic E-state index is 12.4. The van der Waals surface area contributed by atoms with Gasteiger partial charge in [0.2, 0.25) is 5.91 Å². The van der Waals surface area contributed by atoms with Gasteiger partial charge in [0, 0.05) is 25.4 Å². The van der Waals surface area contributed by atoms with Crippen molar-refractivity contribution in [2.45, 2.75) is 25.3 Å². The number of benzene rings is 2. The van der Waals surface area contributed by atoms with Gasteiger partial charge in [-0.15, -0.1) is 0 Å². The van der Waals surface area contributed by atoms with Crippen LogP contribution in [0.5, 0.6) is 0 Å². The lowest BCUT2D eigenvalue weighted by atomic mass is 9.75. The number of aromatic nitrogens is 3. The van der Waals surface area contributed by atoms with Crippen LogP contribution in [0.15, 0.2) is 53.5 Å². The third-order valence-electron chi connectivity index (χ3n) is 5.11. The molecule has 10 heteroatoms. The molecule has 30 heavy (non-hydrogen) atoms. The minimum Gasteiger partial charge on any atom is -0.426 e. The molecule has 0 aliphatic carbocycles. The first-order chi connectivity index (χ1) is 14.4. The molecule has 1 amide bonds. The molecule has 2 heterocycles. The molecule has 8 nitrogen and oxygen atoms in total. The number of nitrogens with zero attached hydrogens (tertiary/aromatic N) is 3. The summed E-state index contributed by atoms with van der Waals surface area (Å²) >= 11 is 1.14. The molecule has 0 fully saturated rings. The normalized spacial score (nSPS) is 12.4. The average Bonchev–Trinajstić information content (AvgIpc) is 3.24. The van der Waals surface area contributed by atoms with Crippen LogP contribution in [0.2, 0.25) is 0 Å². The number of aryl methyl sites for hydroxylation is 2.